The Bertz CT molecular complexity index is 1760. The number of piperidine rings is 1. The molecular formula is C29H29F3N8OS. The number of methoxy groups -OCH3 is 1. The number of benzene rings is 1. The molecule has 2 N–H and O–H groups in total. The van der Waals surface area contributed by atoms with Crippen LogP contribution in [0.1, 0.15) is 40.1 Å². The fraction of sp³-hybridized carbons (Fsp3) is 0.379. The molecule has 1 fully saturated rings. The molecule has 0 unspecified atom stereocenters. The molecule has 9 nitrogen and oxygen atoms in total. The van der Waals surface area contributed by atoms with Gasteiger partial charge in [-0.15, -0.1) is 11.3 Å². The number of rotatable bonds is 8. The maximum Gasteiger partial charge on any atom is 0.393 e. The van der Waals surface area contributed by atoms with Gasteiger partial charge in [-0.25, -0.2) is 9.97 Å². The Balaban J connectivity index is 1.17. The van der Waals surface area contributed by atoms with E-state index >= 15 is 0 Å². The van der Waals surface area contributed by atoms with Gasteiger partial charge in [-0.2, -0.15) is 23.5 Å². The first-order valence-corrected chi connectivity index (χ1v) is 14.4. The van der Waals surface area contributed by atoms with Crippen LogP contribution in [0.2, 0.25) is 0 Å². The van der Waals surface area contributed by atoms with E-state index in [1.807, 2.05) is 22.9 Å². The van der Waals surface area contributed by atoms with E-state index in [9.17, 15) is 18.4 Å². The first kappa shape index (κ1) is 28.0. The van der Waals surface area contributed by atoms with Crippen molar-refractivity contribution in [2.24, 2.45) is 0 Å². The topological polar surface area (TPSA) is 108 Å². The first-order valence-electron chi connectivity index (χ1n) is 13.6. The van der Waals surface area contributed by atoms with Crippen molar-refractivity contribution < 1.29 is 17.9 Å². The molecule has 13 heteroatoms. The maximum atomic E-state index is 12.9. The number of hydrogen-bond acceptors (Lipinski definition) is 8. The van der Waals surface area contributed by atoms with E-state index in [0.29, 0.717) is 34.8 Å². The lowest BCUT2D eigenvalue weighted by Crippen LogP contribution is -2.39. The molecule has 0 radical (unpaired) electrons. The third-order valence-corrected chi connectivity index (χ3v) is 8.90. The van der Waals surface area contributed by atoms with Crippen LogP contribution in [0.5, 0.6) is 5.75 Å². The lowest BCUT2D eigenvalue weighted by atomic mass is 10.00. The number of nitrogens with zero attached hydrogens (tertiary/aromatic N) is 6. The van der Waals surface area contributed by atoms with E-state index in [0.717, 1.165) is 70.6 Å². The first-order chi connectivity index (χ1) is 20.2. The fourth-order valence-electron chi connectivity index (χ4n) is 5.72. The van der Waals surface area contributed by atoms with Crippen molar-refractivity contribution in [1.82, 2.24) is 29.6 Å². The van der Waals surface area contributed by atoms with Gasteiger partial charge in [0.2, 0.25) is 0 Å². The second-order valence-corrected chi connectivity index (χ2v) is 11.7. The minimum atomic E-state index is -4.26. The number of fused-ring (bicyclic) bond motifs is 2. The minimum Gasteiger partial charge on any atom is -0.496 e. The van der Waals surface area contributed by atoms with Gasteiger partial charge in [-0.3, -0.25) is 10.00 Å². The summed E-state index contributed by atoms with van der Waals surface area (Å²) < 4.78 is 46.6. The van der Waals surface area contributed by atoms with Gasteiger partial charge in [-0.05, 0) is 37.5 Å². The van der Waals surface area contributed by atoms with E-state index in [2.05, 4.69) is 43.4 Å². The number of nitrogens with one attached hydrogen (secondary N) is 2. The number of alkyl halides is 3. The summed E-state index contributed by atoms with van der Waals surface area (Å²) in [6, 6.07) is 7.98. The Labute approximate surface area is 243 Å². The molecule has 0 aliphatic carbocycles. The Kier molecular flexibility index (Phi) is 7.51. The van der Waals surface area contributed by atoms with Gasteiger partial charge in [0.25, 0.3) is 0 Å². The molecule has 1 aliphatic rings. The predicted octanol–water partition coefficient (Wildman–Crippen LogP) is 5.79. The van der Waals surface area contributed by atoms with Crippen molar-refractivity contribution in [2.75, 3.05) is 25.5 Å². The van der Waals surface area contributed by atoms with E-state index < -0.39 is 12.6 Å². The highest BCUT2D eigenvalue weighted by Gasteiger charge is 2.29. The summed E-state index contributed by atoms with van der Waals surface area (Å²) in [6.45, 7) is 4.97. The molecule has 218 valence electrons. The molecule has 0 amide bonds. The molecule has 4 aromatic heterocycles. The second kappa shape index (κ2) is 11.3. The van der Waals surface area contributed by atoms with Crippen LogP contribution in [0.25, 0.3) is 21.1 Å². The molecule has 1 aromatic carbocycles. The van der Waals surface area contributed by atoms with Gasteiger partial charge < -0.3 is 14.6 Å². The number of halogens is 3. The molecule has 0 atom stereocenters. The summed E-state index contributed by atoms with van der Waals surface area (Å²) in [6.07, 6.45) is 1.46. The van der Waals surface area contributed by atoms with Crippen molar-refractivity contribution in [3.8, 4) is 11.8 Å². The summed E-state index contributed by atoms with van der Waals surface area (Å²) in [4.78, 5) is 11.7. The highest BCUT2D eigenvalue weighted by atomic mass is 32.1. The number of likely N-dealkylation sites (tertiary alicyclic amines) is 1. The molecule has 0 bridgehead atoms. The van der Waals surface area contributed by atoms with Crippen molar-refractivity contribution in [2.45, 2.75) is 51.5 Å². The van der Waals surface area contributed by atoms with Crippen LogP contribution in [-0.4, -0.2) is 62.0 Å². The highest BCUT2D eigenvalue weighted by Crippen LogP contribution is 2.36. The van der Waals surface area contributed by atoms with Crippen LogP contribution >= 0.6 is 11.3 Å². The Morgan fingerprint density at radius 3 is 2.67 bits per heavy atom. The number of ether oxygens (including phenoxy) is 1. The molecule has 42 heavy (non-hydrogen) atoms. The summed E-state index contributed by atoms with van der Waals surface area (Å²) in [5.41, 5.74) is 4.67. The summed E-state index contributed by atoms with van der Waals surface area (Å²) >= 11 is 1.06. The van der Waals surface area contributed by atoms with Crippen LogP contribution in [-0.2, 0) is 19.5 Å². The number of anilines is 1. The number of aromatic nitrogens is 5. The van der Waals surface area contributed by atoms with Crippen LogP contribution < -0.4 is 10.1 Å². The zero-order valence-corrected chi connectivity index (χ0v) is 23.9. The standard InChI is InChI=1S/C29H29F3N8OS/c1-17-22-7-20(11-33)40(14-18-12-36-37-13-18)25(22)9-26(41-2)24(17)15-39-5-3-19(4-6-39)38-27-23-8-21(10-29(30,31)32)42-28(23)35-16-34-27/h7-9,12-13,16,19H,3-6,10,14-15H2,1-2H3,(H,36,37)(H,34,35,38). The number of aryl methyl sites for hydroxylation is 1. The zero-order chi connectivity index (χ0) is 29.4. The predicted molar refractivity (Wildman–Crippen MR) is 155 cm³/mol. The zero-order valence-electron chi connectivity index (χ0n) is 23.1. The molecule has 5 aromatic rings. The van der Waals surface area contributed by atoms with Gasteiger partial charge in [-0.1, -0.05) is 0 Å². The van der Waals surface area contributed by atoms with E-state index in [1.54, 1.807) is 19.4 Å². The van der Waals surface area contributed by atoms with Gasteiger partial charge in [0, 0.05) is 59.3 Å². The number of thiophene rings is 1. The van der Waals surface area contributed by atoms with Gasteiger partial charge in [0.05, 0.1) is 37.2 Å². The normalized spacial score (nSPS) is 15.0. The second-order valence-electron chi connectivity index (χ2n) is 10.6. The van der Waals surface area contributed by atoms with Crippen molar-refractivity contribution in [3.63, 3.8) is 0 Å². The molecule has 5 heterocycles. The van der Waals surface area contributed by atoms with E-state index in [4.69, 9.17) is 4.74 Å². The van der Waals surface area contributed by atoms with Crippen molar-refractivity contribution in [3.05, 3.63) is 64.2 Å². The van der Waals surface area contributed by atoms with Gasteiger partial charge in [0.15, 0.2) is 0 Å². The quantitative estimate of drug-likeness (QED) is 0.234. The van der Waals surface area contributed by atoms with Gasteiger partial charge in [0.1, 0.15) is 34.5 Å². The molecule has 0 spiro atoms. The highest BCUT2D eigenvalue weighted by molar-refractivity contribution is 7.18. The number of hydrogen-bond donors (Lipinski definition) is 2. The Morgan fingerprint density at radius 1 is 1.17 bits per heavy atom. The fourth-order valence-corrected chi connectivity index (χ4v) is 6.75. The van der Waals surface area contributed by atoms with Crippen LogP contribution in [0, 0.1) is 18.3 Å². The lowest BCUT2D eigenvalue weighted by Gasteiger charge is -2.33. The number of nitriles is 1. The average Bonchev–Trinajstić information content (AvgIpc) is 3.70. The van der Waals surface area contributed by atoms with Crippen molar-refractivity contribution >= 4 is 38.3 Å². The number of H-pyrrole nitrogens is 1. The largest absolute Gasteiger partial charge is 0.496 e. The van der Waals surface area contributed by atoms with Gasteiger partial charge >= 0.3 is 6.18 Å². The molecular weight excluding hydrogens is 565 g/mol. The van der Waals surface area contributed by atoms with Crippen LogP contribution in [0.4, 0.5) is 19.0 Å². The maximum absolute atomic E-state index is 12.9. The summed E-state index contributed by atoms with van der Waals surface area (Å²) in [7, 11) is 1.67. The Morgan fingerprint density at radius 2 is 1.98 bits per heavy atom. The monoisotopic (exact) mass is 594 g/mol. The van der Waals surface area contributed by atoms with E-state index in [1.165, 1.54) is 6.33 Å². The third-order valence-electron chi connectivity index (χ3n) is 7.86. The average molecular weight is 595 g/mol. The Hall–Kier alpha value is -4.15. The van der Waals surface area contributed by atoms with Crippen LogP contribution in [0.3, 0.4) is 0 Å². The molecule has 1 aliphatic heterocycles. The third kappa shape index (κ3) is 5.64. The number of aromatic amines is 1. The van der Waals surface area contributed by atoms with Crippen molar-refractivity contribution in [1.29, 1.82) is 5.26 Å². The lowest BCUT2D eigenvalue weighted by molar-refractivity contribution is -0.126. The van der Waals surface area contributed by atoms with E-state index in [-0.39, 0.29) is 10.9 Å². The molecule has 1 saturated heterocycles. The molecule has 6 rings (SSSR count). The smallest absolute Gasteiger partial charge is 0.393 e. The summed E-state index contributed by atoms with van der Waals surface area (Å²) in [5, 5.41) is 21.8. The minimum absolute atomic E-state index is 0.144. The molecule has 0 saturated carbocycles. The SMILES string of the molecule is COc1cc2c(cc(C#N)n2Cc2cn[nH]c2)c(C)c1CN1CCC(Nc2ncnc3sc(CC(F)(F)F)cc23)CC1. The van der Waals surface area contributed by atoms with Crippen LogP contribution in [0.15, 0.2) is 36.9 Å². The summed E-state index contributed by atoms with van der Waals surface area (Å²) in [5.74, 6) is 1.37.